The fraction of sp³-hybridized carbons (Fsp3) is 0.455. The van der Waals surface area contributed by atoms with Crippen molar-refractivity contribution in [2.45, 2.75) is 11.8 Å². The van der Waals surface area contributed by atoms with E-state index in [1.807, 2.05) is 0 Å². The molecule has 0 saturated carbocycles. The van der Waals surface area contributed by atoms with Gasteiger partial charge < -0.3 is 9.47 Å². The van der Waals surface area contributed by atoms with E-state index in [-0.39, 0.29) is 5.69 Å². The minimum Gasteiger partial charge on any atom is -0.487 e. The van der Waals surface area contributed by atoms with Crippen LogP contribution in [0.1, 0.15) is 12.0 Å². The van der Waals surface area contributed by atoms with E-state index in [1.54, 1.807) is 19.2 Å². The molecular weight excluding hydrogens is 290 g/mol. The zero-order chi connectivity index (χ0) is 12.7. The molecule has 0 amide bonds. The lowest BCUT2D eigenvalue weighted by atomic mass is 10.2. The molecule has 1 rings (SSSR count). The molecule has 0 bridgehead atoms. The van der Waals surface area contributed by atoms with Crippen molar-refractivity contribution in [1.82, 2.24) is 0 Å². The van der Waals surface area contributed by atoms with Gasteiger partial charge in [0, 0.05) is 31.5 Å². The van der Waals surface area contributed by atoms with E-state index in [2.05, 4.69) is 15.9 Å². The Bertz CT molecular complexity index is 384. The molecule has 0 radical (unpaired) electrons. The zero-order valence-electron chi connectivity index (χ0n) is 9.52. The van der Waals surface area contributed by atoms with Crippen LogP contribution in [0, 0.1) is 10.1 Å². The average molecular weight is 304 g/mol. The normalized spacial score (nSPS) is 10.2. The summed E-state index contributed by atoms with van der Waals surface area (Å²) in [6, 6.07) is 4.84. The van der Waals surface area contributed by atoms with Crippen LogP contribution in [0.3, 0.4) is 0 Å². The van der Waals surface area contributed by atoms with Crippen molar-refractivity contribution in [3.8, 4) is 5.75 Å². The second kappa shape index (κ2) is 7.24. The molecule has 0 aromatic heterocycles. The van der Waals surface area contributed by atoms with Crippen LogP contribution in [0.5, 0.6) is 5.75 Å². The van der Waals surface area contributed by atoms with Crippen molar-refractivity contribution in [3.63, 3.8) is 0 Å². The van der Waals surface area contributed by atoms with Gasteiger partial charge in [-0.1, -0.05) is 22.0 Å². The second-order valence-electron chi connectivity index (χ2n) is 3.39. The lowest BCUT2D eigenvalue weighted by molar-refractivity contribution is -0.385. The Morgan fingerprint density at radius 2 is 2.18 bits per heavy atom. The number of rotatable bonds is 7. The molecule has 0 aliphatic rings. The van der Waals surface area contributed by atoms with Gasteiger partial charge in [0.15, 0.2) is 5.75 Å². The molecule has 0 N–H and O–H groups in total. The lowest BCUT2D eigenvalue weighted by Gasteiger charge is -2.07. The standard InChI is InChI=1S/C11H14BrNO4/c1-16-5-2-6-17-11-7-9(8-12)3-4-10(11)13(14)15/h3-4,7H,2,5-6,8H2,1H3. The molecule has 0 fully saturated rings. The lowest BCUT2D eigenvalue weighted by Crippen LogP contribution is -2.03. The molecule has 6 heteroatoms. The maximum atomic E-state index is 10.8. The Kier molecular flexibility index (Phi) is 5.93. The van der Waals surface area contributed by atoms with E-state index < -0.39 is 4.92 Å². The smallest absolute Gasteiger partial charge is 0.310 e. The van der Waals surface area contributed by atoms with Crippen LogP contribution in [0.15, 0.2) is 18.2 Å². The van der Waals surface area contributed by atoms with Crippen LogP contribution in [-0.2, 0) is 10.1 Å². The van der Waals surface area contributed by atoms with Gasteiger partial charge in [0.2, 0.25) is 0 Å². The largest absolute Gasteiger partial charge is 0.487 e. The van der Waals surface area contributed by atoms with Gasteiger partial charge in [-0.15, -0.1) is 0 Å². The van der Waals surface area contributed by atoms with E-state index in [0.29, 0.717) is 30.7 Å². The van der Waals surface area contributed by atoms with Gasteiger partial charge in [0.05, 0.1) is 11.5 Å². The van der Waals surface area contributed by atoms with Gasteiger partial charge in [0.25, 0.3) is 0 Å². The topological polar surface area (TPSA) is 61.6 Å². The minimum atomic E-state index is -0.441. The molecule has 0 aliphatic carbocycles. The average Bonchev–Trinajstić information content (AvgIpc) is 2.34. The first-order chi connectivity index (χ1) is 8.19. The highest BCUT2D eigenvalue weighted by Crippen LogP contribution is 2.28. The van der Waals surface area contributed by atoms with E-state index in [1.165, 1.54) is 6.07 Å². The molecule has 94 valence electrons. The molecule has 17 heavy (non-hydrogen) atoms. The Balaban J connectivity index is 2.75. The fourth-order valence-corrected chi connectivity index (χ4v) is 1.64. The van der Waals surface area contributed by atoms with Gasteiger partial charge >= 0.3 is 5.69 Å². The zero-order valence-corrected chi connectivity index (χ0v) is 11.1. The maximum Gasteiger partial charge on any atom is 0.310 e. The van der Waals surface area contributed by atoms with Gasteiger partial charge in [-0.25, -0.2) is 0 Å². The van der Waals surface area contributed by atoms with E-state index in [0.717, 1.165) is 5.56 Å². The van der Waals surface area contributed by atoms with E-state index in [4.69, 9.17) is 9.47 Å². The number of hydrogen-bond donors (Lipinski definition) is 0. The number of methoxy groups -OCH3 is 1. The van der Waals surface area contributed by atoms with Crippen molar-refractivity contribution in [2.75, 3.05) is 20.3 Å². The summed E-state index contributed by atoms with van der Waals surface area (Å²) in [5.74, 6) is 0.308. The van der Waals surface area contributed by atoms with Gasteiger partial charge in [-0.3, -0.25) is 10.1 Å². The summed E-state index contributed by atoms with van der Waals surface area (Å²) >= 11 is 3.30. The van der Waals surface area contributed by atoms with Crippen molar-refractivity contribution in [1.29, 1.82) is 0 Å². The Hall–Kier alpha value is -1.14. The summed E-state index contributed by atoms with van der Waals surface area (Å²) < 4.78 is 10.3. The van der Waals surface area contributed by atoms with Crippen LogP contribution in [0.2, 0.25) is 0 Å². The predicted octanol–water partition coefficient (Wildman–Crippen LogP) is 2.91. The quantitative estimate of drug-likeness (QED) is 0.336. The van der Waals surface area contributed by atoms with Gasteiger partial charge in [0.1, 0.15) is 0 Å². The van der Waals surface area contributed by atoms with Gasteiger partial charge in [-0.2, -0.15) is 0 Å². The molecular formula is C11H14BrNO4. The number of benzene rings is 1. The predicted molar refractivity (Wildman–Crippen MR) is 67.7 cm³/mol. The summed E-state index contributed by atoms with van der Waals surface area (Å²) in [5, 5.41) is 11.4. The summed E-state index contributed by atoms with van der Waals surface area (Å²) in [6.07, 6.45) is 0.701. The third-order valence-corrected chi connectivity index (χ3v) is 2.77. The van der Waals surface area contributed by atoms with Crippen molar-refractivity contribution < 1.29 is 14.4 Å². The first-order valence-electron chi connectivity index (χ1n) is 5.14. The van der Waals surface area contributed by atoms with Crippen molar-refractivity contribution in [2.24, 2.45) is 0 Å². The van der Waals surface area contributed by atoms with Crippen LogP contribution in [-0.4, -0.2) is 25.2 Å². The third-order valence-electron chi connectivity index (χ3n) is 2.13. The molecule has 0 aliphatic heterocycles. The first kappa shape index (κ1) is 13.9. The molecule has 0 atom stereocenters. The Labute approximate surface area is 108 Å². The van der Waals surface area contributed by atoms with Crippen LogP contribution in [0.25, 0.3) is 0 Å². The molecule has 0 heterocycles. The molecule has 1 aromatic rings. The molecule has 1 aromatic carbocycles. The molecule has 0 spiro atoms. The number of nitro benzene ring substituents is 1. The Morgan fingerprint density at radius 3 is 2.76 bits per heavy atom. The summed E-state index contributed by atoms with van der Waals surface area (Å²) in [7, 11) is 1.61. The molecule has 5 nitrogen and oxygen atoms in total. The highest BCUT2D eigenvalue weighted by atomic mass is 79.9. The van der Waals surface area contributed by atoms with E-state index in [9.17, 15) is 10.1 Å². The van der Waals surface area contributed by atoms with Crippen molar-refractivity contribution in [3.05, 3.63) is 33.9 Å². The number of hydrogen-bond acceptors (Lipinski definition) is 4. The number of alkyl halides is 1. The minimum absolute atomic E-state index is 0.00730. The fourth-order valence-electron chi connectivity index (χ4n) is 1.29. The molecule has 0 unspecified atom stereocenters. The van der Waals surface area contributed by atoms with Crippen LogP contribution >= 0.6 is 15.9 Å². The SMILES string of the molecule is COCCCOc1cc(CBr)ccc1[N+](=O)[O-]. The second-order valence-corrected chi connectivity index (χ2v) is 3.95. The van der Waals surface area contributed by atoms with E-state index >= 15 is 0 Å². The number of nitrogens with zero attached hydrogens (tertiary/aromatic N) is 1. The maximum absolute atomic E-state index is 10.8. The third kappa shape index (κ3) is 4.32. The molecule has 0 saturated heterocycles. The number of halogens is 1. The summed E-state index contributed by atoms with van der Waals surface area (Å²) in [6.45, 7) is 0.979. The van der Waals surface area contributed by atoms with Crippen molar-refractivity contribution >= 4 is 21.6 Å². The number of nitro groups is 1. The highest BCUT2D eigenvalue weighted by molar-refractivity contribution is 9.08. The van der Waals surface area contributed by atoms with Crippen LogP contribution < -0.4 is 4.74 Å². The van der Waals surface area contributed by atoms with Gasteiger partial charge in [-0.05, 0) is 11.6 Å². The number of ether oxygens (including phenoxy) is 2. The first-order valence-corrected chi connectivity index (χ1v) is 6.26. The highest BCUT2D eigenvalue weighted by Gasteiger charge is 2.15. The summed E-state index contributed by atoms with van der Waals surface area (Å²) in [5.41, 5.74) is 0.935. The summed E-state index contributed by atoms with van der Waals surface area (Å²) in [4.78, 5) is 10.4. The van der Waals surface area contributed by atoms with Crippen LogP contribution in [0.4, 0.5) is 5.69 Å². The Morgan fingerprint density at radius 1 is 1.41 bits per heavy atom. The monoisotopic (exact) mass is 303 g/mol.